The summed E-state index contributed by atoms with van der Waals surface area (Å²) in [4.78, 5) is 24.5. The number of esters is 1. The molecule has 0 aliphatic rings. The Labute approximate surface area is 487 Å². The van der Waals surface area contributed by atoms with Gasteiger partial charge < -0.3 is 20.3 Å². The maximum Gasteiger partial charge on any atom is 0.305 e. The van der Waals surface area contributed by atoms with Gasteiger partial charge in [-0.05, 0) is 64.2 Å². The molecule has 6 heteroatoms. The molecule has 2 unspecified atom stereocenters. The van der Waals surface area contributed by atoms with Crippen molar-refractivity contribution in [3.63, 3.8) is 0 Å². The fourth-order valence-electron chi connectivity index (χ4n) is 11.0. The van der Waals surface area contributed by atoms with Crippen molar-refractivity contribution < 1.29 is 24.5 Å². The first-order chi connectivity index (χ1) is 38.5. The molecule has 0 rings (SSSR count). The highest BCUT2D eigenvalue weighted by molar-refractivity contribution is 5.76. The van der Waals surface area contributed by atoms with Gasteiger partial charge in [0.2, 0.25) is 5.91 Å². The van der Waals surface area contributed by atoms with Crippen molar-refractivity contribution in [3.05, 3.63) is 36.5 Å². The molecule has 6 nitrogen and oxygen atoms in total. The van der Waals surface area contributed by atoms with E-state index in [-0.39, 0.29) is 18.5 Å². The summed E-state index contributed by atoms with van der Waals surface area (Å²) in [7, 11) is 0. The molecule has 460 valence electrons. The number of rotatable bonds is 66. The Hall–Kier alpha value is -1.92. The summed E-state index contributed by atoms with van der Waals surface area (Å²) in [6.07, 6.45) is 86.7. The quantitative estimate of drug-likeness (QED) is 0.0320. The number of hydrogen-bond donors (Lipinski definition) is 3. The molecule has 1 amide bonds. The third-order valence-electron chi connectivity index (χ3n) is 16.4. The van der Waals surface area contributed by atoms with Gasteiger partial charge in [-0.2, -0.15) is 0 Å². The Morgan fingerprint density at radius 1 is 0.359 bits per heavy atom. The van der Waals surface area contributed by atoms with Crippen LogP contribution < -0.4 is 5.32 Å². The predicted octanol–water partition coefficient (Wildman–Crippen LogP) is 22.7. The first-order valence-electron chi connectivity index (χ1n) is 35.3. The topological polar surface area (TPSA) is 95.9 Å². The fraction of sp³-hybridized carbons (Fsp3) is 0.889. The maximum atomic E-state index is 12.4. The van der Waals surface area contributed by atoms with Gasteiger partial charge in [0.05, 0.1) is 25.4 Å². The molecular weight excluding hydrogens is 959 g/mol. The third kappa shape index (κ3) is 63.3. The van der Waals surface area contributed by atoms with Gasteiger partial charge in [0, 0.05) is 12.8 Å². The lowest BCUT2D eigenvalue weighted by Gasteiger charge is -2.20. The van der Waals surface area contributed by atoms with E-state index >= 15 is 0 Å². The first-order valence-corrected chi connectivity index (χ1v) is 35.3. The largest absolute Gasteiger partial charge is 0.466 e. The second-order valence-electron chi connectivity index (χ2n) is 24.2. The van der Waals surface area contributed by atoms with Gasteiger partial charge in [-0.15, -0.1) is 0 Å². The van der Waals surface area contributed by atoms with E-state index in [9.17, 15) is 19.8 Å². The molecule has 0 radical (unpaired) electrons. The lowest BCUT2D eigenvalue weighted by Crippen LogP contribution is -2.45. The van der Waals surface area contributed by atoms with Crippen LogP contribution in [0.5, 0.6) is 0 Å². The van der Waals surface area contributed by atoms with E-state index in [4.69, 9.17) is 4.74 Å². The van der Waals surface area contributed by atoms with E-state index in [0.29, 0.717) is 19.4 Å². The van der Waals surface area contributed by atoms with Crippen LogP contribution in [0.4, 0.5) is 0 Å². The Balaban J connectivity index is 3.31. The van der Waals surface area contributed by atoms with Gasteiger partial charge in [0.15, 0.2) is 0 Å². The van der Waals surface area contributed by atoms with Gasteiger partial charge in [0.1, 0.15) is 0 Å². The average Bonchev–Trinajstić information content (AvgIpc) is 3.44. The minimum Gasteiger partial charge on any atom is -0.466 e. The van der Waals surface area contributed by atoms with Crippen molar-refractivity contribution in [2.45, 2.75) is 398 Å². The van der Waals surface area contributed by atoms with Crippen LogP contribution in [-0.2, 0) is 14.3 Å². The average molecular weight is 1100 g/mol. The Bertz CT molecular complexity index is 1260. The molecule has 3 N–H and O–H groups in total. The summed E-state index contributed by atoms with van der Waals surface area (Å²) in [6.45, 7) is 4.90. The summed E-state index contributed by atoms with van der Waals surface area (Å²) < 4.78 is 5.50. The molecule has 0 aromatic rings. The molecule has 0 spiro atoms. The van der Waals surface area contributed by atoms with E-state index < -0.39 is 12.1 Å². The number of amides is 1. The smallest absolute Gasteiger partial charge is 0.305 e. The second-order valence-corrected chi connectivity index (χ2v) is 24.2. The van der Waals surface area contributed by atoms with Crippen LogP contribution >= 0.6 is 0 Å². The van der Waals surface area contributed by atoms with E-state index in [1.54, 1.807) is 6.08 Å². The molecular formula is C72H137NO5. The number of ether oxygens (including phenoxy) is 1. The van der Waals surface area contributed by atoms with Crippen molar-refractivity contribution in [2.24, 2.45) is 0 Å². The van der Waals surface area contributed by atoms with Crippen LogP contribution in [0.2, 0.25) is 0 Å². The Kier molecular flexibility index (Phi) is 65.9. The summed E-state index contributed by atoms with van der Waals surface area (Å²) >= 11 is 0. The van der Waals surface area contributed by atoms with Crippen molar-refractivity contribution in [2.75, 3.05) is 13.2 Å². The van der Waals surface area contributed by atoms with Gasteiger partial charge in [0.25, 0.3) is 0 Å². The minimum atomic E-state index is -0.840. The van der Waals surface area contributed by atoms with Crippen LogP contribution in [0, 0.1) is 0 Å². The third-order valence-corrected chi connectivity index (χ3v) is 16.4. The lowest BCUT2D eigenvalue weighted by molar-refractivity contribution is -0.143. The van der Waals surface area contributed by atoms with Crippen LogP contribution in [-0.4, -0.2) is 47.4 Å². The van der Waals surface area contributed by atoms with Crippen LogP contribution in [0.25, 0.3) is 0 Å². The van der Waals surface area contributed by atoms with Crippen molar-refractivity contribution in [1.29, 1.82) is 0 Å². The SMILES string of the molecule is CCCCCC/C=C\C/C=C\CCCCCCCCCC(=O)OCCCCCCCCCCCCCCCCCCCCCCCCCCCCCCCCCCC(=O)NC(CO)C(O)/C=C/CCCCCCCCCCC. The molecule has 0 aliphatic carbocycles. The molecule has 2 atom stereocenters. The van der Waals surface area contributed by atoms with Crippen LogP contribution in [0.15, 0.2) is 36.5 Å². The highest BCUT2D eigenvalue weighted by Gasteiger charge is 2.18. The number of allylic oxidation sites excluding steroid dienone is 5. The monoisotopic (exact) mass is 1100 g/mol. The van der Waals surface area contributed by atoms with E-state index in [0.717, 1.165) is 51.4 Å². The molecule has 0 bridgehead atoms. The van der Waals surface area contributed by atoms with Crippen molar-refractivity contribution in [1.82, 2.24) is 5.32 Å². The zero-order valence-electron chi connectivity index (χ0n) is 52.7. The number of unbranched alkanes of at least 4 members (excludes halogenated alkanes) is 51. The molecule has 0 heterocycles. The summed E-state index contributed by atoms with van der Waals surface area (Å²) in [5.41, 5.74) is 0. The molecule has 0 fully saturated rings. The van der Waals surface area contributed by atoms with Gasteiger partial charge in [-0.1, -0.05) is 346 Å². The molecule has 0 aliphatic heterocycles. The number of aliphatic hydroxyl groups is 2. The van der Waals surface area contributed by atoms with Gasteiger partial charge >= 0.3 is 5.97 Å². The predicted molar refractivity (Wildman–Crippen MR) is 343 cm³/mol. The summed E-state index contributed by atoms with van der Waals surface area (Å²) in [6, 6.07) is -0.623. The molecule has 0 aromatic carbocycles. The normalized spacial score (nSPS) is 12.7. The molecule has 0 saturated heterocycles. The van der Waals surface area contributed by atoms with Gasteiger partial charge in [-0.25, -0.2) is 0 Å². The van der Waals surface area contributed by atoms with Crippen molar-refractivity contribution >= 4 is 11.9 Å². The highest BCUT2D eigenvalue weighted by atomic mass is 16.5. The van der Waals surface area contributed by atoms with E-state index in [1.807, 2.05) is 6.08 Å². The number of aliphatic hydroxyl groups excluding tert-OH is 2. The highest BCUT2D eigenvalue weighted by Crippen LogP contribution is 2.19. The number of hydrogen-bond acceptors (Lipinski definition) is 5. The summed E-state index contributed by atoms with van der Waals surface area (Å²) in [5.74, 6) is -0.0496. The summed E-state index contributed by atoms with van der Waals surface area (Å²) in [5, 5.41) is 23.1. The molecule has 0 saturated carbocycles. The standard InChI is InChI=1S/C72H137NO5/c1-3-5-7-9-11-13-15-16-17-18-36-39-42-46-50-54-58-62-66-72(77)78-67-63-59-55-51-47-43-40-37-34-32-30-28-26-24-22-20-19-21-23-25-27-29-31-33-35-38-41-45-49-53-57-61-65-71(76)73-69(68-74)70(75)64-60-56-52-48-44-14-12-10-8-6-4-2/h13,15,17-18,60,64,69-70,74-75H,3-12,14,16,19-59,61-63,65-68H2,1-2H3,(H,73,76)/b15-13-,18-17-,64-60+. The fourth-order valence-corrected chi connectivity index (χ4v) is 11.0. The first kappa shape index (κ1) is 76.1. The van der Waals surface area contributed by atoms with E-state index in [2.05, 4.69) is 43.5 Å². The zero-order valence-corrected chi connectivity index (χ0v) is 52.7. The zero-order chi connectivity index (χ0) is 56.4. The van der Waals surface area contributed by atoms with Crippen LogP contribution in [0.3, 0.4) is 0 Å². The maximum absolute atomic E-state index is 12.4. The molecule has 0 aromatic heterocycles. The minimum absolute atomic E-state index is 0.0138. The Morgan fingerprint density at radius 2 is 0.641 bits per heavy atom. The van der Waals surface area contributed by atoms with Crippen LogP contribution in [0.1, 0.15) is 386 Å². The molecule has 78 heavy (non-hydrogen) atoms. The van der Waals surface area contributed by atoms with Gasteiger partial charge in [-0.3, -0.25) is 9.59 Å². The lowest BCUT2D eigenvalue weighted by atomic mass is 10.0. The number of nitrogens with one attached hydrogen (secondary N) is 1. The van der Waals surface area contributed by atoms with E-state index in [1.165, 1.54) is 308 Å². The number of carbonyl (C=O) groups excluding carboxylic acids is 2. The Morgan fingerprint density at radius 3 is 0.987 bits per heavy atom. The second kappa shape index (κ2) is 67.6. The van der Waals surface area contributed by atoms with Crippen molar-refractivity contribution in [3.8, 4) is 0 Å². The number of carbonyl (C=O) groups is 2.